The highest BCUT2D eigenvalue weighted by atomic mass is 16.8. The van der Waals surface area contributed by atoms with E-state index in [2.05, 4.69) is 41.9 Å². The molecule has 736 valence electrons. The maximum Gasteiger partial charge on any atom is 0.364 e. The first-order valence-electron chi connectivity index (χ1n) is 45.1. The Balaban J connectivity index is 1.34. The lowest BCUT2D eigenvalue weighted by atomic mass is 9.86. The SMILES string of the molecule is CCCCCCC=CCCCCCCCCCC(=O)NC(COC1OC(CO)C(OC2OC(CO)C(OC3OC(CO)C(O)C(OC4OC(CO)C(O)C(O)C4O)C3CC(C)=O)C(OC3(C(=O)O)CC(O)C(NC(C)=O)C(C(O)C(CO)OC4(C(=O)O)CC(O)C(NC(C)=O)C(C(O)C(O)CO)O4)O3)C2O)C(O)C1O)C(O)C=CCCCCCCCCCCCCC. The molecule has 6 rings (SSSR count). The van der Waals surface area contributed by atoms with E-state index in [0.29, 0.717) is 12.8 Å². The number of hydrogen-bond acceptors (Lipinski definition) is 37. The lowest BCUT2D eigenvalue weighted by molar-refractivity contribution is -0.407. The Hall–Kier alpha value is -4.74. The quantitative estimate of drug-likeness (QED) is 0.0213. The molecule has 6 fully saturated rings. The van der Waals surface area contributed by atoms with Crippen LogP contribution < -0.4 is 16.0 Å². The molecular formula is C85H147N3O39. The number of carboxylic acids is 2. The average molecular weight is 1840 g/mol. The van der Waals surface area contributed by atoms with E-state index in [1.165, 1.54) is 70.3 Å². The third kappa shape index (κ3) is 32.5. The van der Waals surface area contributed by atoms with E-state index in [9.17, 15) is 136 Å². The lowest BCUT2D eigenvalue weighted by Crippen LogP contribution is -2.72. The van der Waals surface area contributed by atoms with Crippen molar-refractivity contribution in [3.63, 3.8) is 0 Å². The number of ether oxygens (including phenoxy) is 12. The summed E-state index contributed by atoms with van der Waals surface area (Å²) in [5.74, 6) is -16.5. The van der Waals surface area contributed by atoms with Crippen molar-refractivity contribution >= 4 is 35.4 Å². The fraction of sp³-hybridized carbons (Fsp3) is 0.882. The van der Waals surface area contributed by atoms with E-state index < -0.39 is 308 Å². The molecule has 6 saturated heterocycles. The molecule has 0 bridgehead atoms. The number of aliphatic hydroxyl groups is 19. The van der Waals surface area contributed by atoms with Gasteiger partial charge in [0.25, 0.3) is 11.6 Å². The van der Waals surface area contributed by atoms with Gasteiger partial charge in [-0.3, -0.25) is 14.4 Å². The first-order chi connectivity index (χ1) is 60.6. The molecule has 42 nitrogen and oxygen atoms in total. The predicted molar refractivity (Wildman–Crippen MR) is 441 cm³/mol. The van der Waals surface area contributed by atoms with E-state index in [-0.39, 0.29) is 6.42 Å². The standard InChI is InChI=1S/C85H147N3O39/c1-6-8-10-12-14-16-18-20-21-23-25-27-29-31-33-35-60(102)88-50(51(98)34-32-30-28-26-24-22-19-17-15-13-11-9-7-2)45-116-79-70(110)68(108)73(58(43-93)119-79)122-81-71(111)77(74(59(44-94)120-81)123-78-49(36-46(3)95)72(65(105)56(41-91)117-78)121-80-69(109)67(107)64(104)55(40-90)118-80)127-85(83(114)115)38-53(100)62(87-48(5)97)76(126-85)66(106)57(42-92)124-84(82(112)113)37-52(99)61(86-47(4)96)75(125-84)63(103)54(101)39-89/h16,18,32,34,49-59,61-81,89-94,98-101,103-111H,6-15,17,19-31,33,35-45H2,1-5H3,(H,86,96)(H,87,97)(H,88,102)(H,112,113)(H,114,115). The number of aliphatic hydroxyl groups excluding tert-OH is 19. The summed E-state index contributed by atoms with van der Waals surface area (Å²) in [4.78, 5) is 80.5. The van der Waals surface area contributed by atoms with Crippen LogP contribution in [0, 0.1) is 5.92 Å². The minimum atomic E-state index is -3.68. The van der Waals surface area contributed by atoms with Gasteiger partial charge in [0.1, 0.15) is 128 Å². The summed E-state index contributed by atoms with van der Waals surface area (Å²) in [5, 5.41) is 245. The Bertz CT molecular complexity index is 3240. The van der Waals surface area contributed by atoms with Gasteiger partial charge in [-0.25, -0.2) is 9.59 Å². The molecule has 42 heteroatoms. The van der Waals surface area contributed by atoms with Gasteiger partial charge in [0.15, 0.2) is 25.2 Å². The zero-order chi connectivity index (χ0) is 93.8. The van der Waals surface area contributed by atoms with Gasteiger partial charge >= 0.3 is 11.9 Å². The summed E-state index contributed by atoms with van der Waals surface area (Å²) >= 11 is 0. The summed E-state index contributed by atoms with van der Waals surface area (Å²) in [6, 6.07) is -5.10. The van der Waals surface area contributed by atoms with Gasteiger partial charge < -0.3 is 185 Å². The monoisotopic (exact) mass is 1830 g/mol. The number of allylic oxidation sites excluding steroid dienone is 3. The number of aliphatic carboxylic acids is 2. The third-order valence-corrected chi connectivity index (χ3v) is 24.0. The second-order valence-corrected chi connectivity index (χ2v) is 34.2. The Kier molecular flexibility index (Phi) is 49.3. The van der Waals surface area contributed by atoms with Crippen LogP contribution in [0.2, 0.25) is 0 Å². The summed E-state index contributed by atoms with van der Waals surface area (Å²) in [5.41, 5.74) is 0. The number of carboxylic acid groups (broad SMARTS) is 2. The topological polar surface area (TPSA) is 674 Å². The number of carbonyl (C=O) groups excluding carboxylic acids is 4. The fourth-order valence-electron chi connectivity index (χ4n) is 16.9. The summed E-state index contributed by atoms with van der Waals surface area (Å²) in [6.07, 6.45) is -31.0. The van der Waals surface area contributed by atoms with Crippen LogP contribution in [0.25, 0.3) is 0 Å². The predicted octanol–water partition coefficient (Wildman–Crippen LogP) is -3.00. The van der Waals surface area contributed by atoms with Crippen molar-refractivity contribution in [2.75, 3.05) is 46.2 Å². The van der Waals surface area contributed by atoms with Crippen molar-refractivity contribution in [1.82, 2.24) is 16.0 Å². The van der Waals surface area contributed by atoms with Gasteiger partial charge in [-0.15, -0.1) is 0 Å². The smallest absolute Gasteiger partial charge is 0.364 e. The summed E-state index contributed by atoms with van der Waals surface area (Å²) < 4.78 is 72.5. The van der Waals surface area contributed by atoms with Gasteiger partial charge in [0.2, 0.25) is 17.7 Å². The number of Topliss-reactive ketones (excluding diaryl/α,β-unsaturated/α-hetero) is 1. The molecule has 0 radical (unpaired) electrons. The number of hydrogen-bond donors (Lipinski definition) is 24. The minimum Gasteiger partial charge on any atom is -0.477 e. The summed E-state index contributed by atoms with van der Waals surface area (Å²) in [7, 11) is 0. The van der Waals surface area contributed by atoms with Crippen molar-refractivity contribution in [3.05, 3.63) is 24.3 Å². The van der Waals surface area contributed by atoms with Gasteiger partial charge in [0, 0.05) is 45.4 Å². The van der Waals surface area contributed by atoms with Gasteiger partial charge in [0.05, 0.1) is 88.8 Å². The van der Waals surface area contributed by atoms with E-state index in [0.717, 1.165) is 104 Å². The van der Waals surface area contributed by atoms with Crippen LogP contribution >= 0.6 is 0 Å². The van der Waals surface area contributed by atoms with Gasteiger partial charge in [-0.05, 0) is 51.9 Å². The van der Waals surface area contributed by atoms with Crippen molar-refractivity contribution < 1.29 is 193 Å². The molecule has 0 saturated carbocycles. The first kappa shape index (κ1) is 111. The molecule has 0 aliphatic carbocycles. The van der Waals surface area contributed by atoms with E-state index in [4.69, 9.17) is 56.8 Å². The molecule has 24 N–H and O–H groups in total. The molecule has 6 aliphatic rings. The minimum absolute atomic E-state index is 0.0793. The Morgan fingerprint density at radius 2 is 0.882 bits per heavy atom. The molecule has 6 aliphatic heterocycles. The molecule has 0 aromatic rings. The largest absolute Gasteiger partial charge is 0.477 e. The van der Waals surface area contributed by atoms with Crippen molar-refractivity contribution in [3.8, 4) is 0 Å². The number of carbonyl (C=O) groups is 6. The van der Waals surface area contributed by atoms with Crippen LogP contribution in [-0.2, 0) is 85.6 Å². The second-order valence-electron chi connectivity index (χ2n) is 34.2. The Morgan fingerprint density at radius 3 is 1.39 bits per heavy atom. The van der Waals surface area contributed by atoms with Crippen LogP contribution in [0.5, 0.6) is 0 Å². The van der Waals surface area contributed by atoms with Crippen LogP contribution in [0.4, 0.5) is 0 Å². The van der Waals surface area contributed by atoms with Crippen LogP contribution in [-0.4, -0.2) is 390 Å². The Labute approximate surface area is 740 Å². The van der Waals surface area contributed by atoms with Crippen molar-refractivity contribution in [2.45, 2.75) is 422 Å². The van der Waals surface area contributed by atoms with E-state index in [1.54, 1.807) is 6.08 Å². The number of nitrogens with one attached hydrogen (secondary N) is 3. The molecule has 0 aromatic heterocycles. The number of amides is 3. The first-order valence-corrected chi connectivity index (χ1v) is 45.1. The maximum atomic E-state index is 14.4. The van der Waals surface area contributed by atoms with Crippen LogP contribution in [0.3, 0.4) is 0 Å². The molecule has 34 unspecified atom stereocenters. The molecular weight excluding hydrogens is 1690 g/mol. The molecule has 0 spiro atoms. The highest BCUT2D eigenvalue weighted by Gasteiger charge is 2.64. The van der Waals surface area contributed by atoms with Crippen LogP contribution in [0.1, 0.15) is 221 Å². The van der Waals surface area contributed by atoms with E-state index >= 15 is 0 Å². The number of rotatable bonds is 59. The maximum absolute atomic E-state index is 14.4. The fourth-order valence-corrected chi connectivity index (χ4v) is 16.9. The normalized spacial score (nSPS) is 35.2. The average Bonchev–Trinajstić information content (AvgIpc) is 0.733. The van der Waals surface area contributed by atoms with Crippen LogP contribution in [0.15, 0.2) is 24.3 Å². The van der Waals surface area contributed by atoms with E-state index in [1.807, 2.05) is 0 Å². The van der Waals surface area contributed by atoms with Gasteiger partial charge in [-0.1, -0.05) is 154 Å². The zero-order valence-corrected chi connectivity index (χ0v) is 73.5. The molecule has 3 amide bonds. The molecule has 34 atom stereocenters. The van der Waals surface area contributed by atoms with Gasteiger partial charge in [-0.2, -0.15) is 0 Å². The lowest BCUT2D eigenvalue weighted by Gasteiger charge is -2.53. The Morgan fingerprint density at radius 1 is 0.449 bits per heavy atom. The second kappa shape index (κ2) is 56.4. The highest BCUT2D eigenvalue weighted by molar-refractivity contribution is 5.78. The third-order valence-electron chi connectivity index (χ3n) is 24.0. The molecule has 0 aromatic carbocycles. The highest BCUT2D eigenvalue weighted by Crippen LogP contribution is 2.44. The number of unbranched alkanes of at least 4 members (excludes halogenated alkanes) is 22. The number of ketones is 1. The molecule has 6 heterocycles. The summed E-state index contributed by atoms with van der Waals surface area (Å²) in [6.45, 7) is -0.829. The zero-order valence-electron chi connectivity index (χ0n) is 73.5. The van der Waals surface area contributed by atoms with Crippen molar-refractivity contribution in [1.29, 1.82) is 0 Å². The molecule has 127 heavy (non-hydrogen) atoms. The van der Waals surface area contributed by atoms with Crippen molar-refractivity contribution in [2.24, 2.45) is 5.92 Å².